The molecule has 6 nitrogen and oxygen atoms in total. The molecule has 0 N–H and O–H groups in total. The van der Waals surface area contributed by atoms with Crippen molar-refractivity contribution in [3.8, 4) is 0 Å². The van der Waals surface area contributed by atoms with Gasteiger partial charge < -0.3 is 14.7 Å². The van der Waals surface area contributed by atoms with Crippen molar-refractivity contribution in [3.63, 3.8) is 0 Å². The van der Waals surface area contributed by atoms with Crippen LogP contribution in [0.25, 0.3) is 0 Å². The maximum absolute atomic E-state index is 13.6. The SMILES string of the molecule is Cc1ccc(C(=O)N2CCC(N3CCCCC3)CC2)c(C2CCN(C(=O)c3cccc(F)c3)CC2)n1. The van der Waals surface area contributed by atoms with E-state index < -0.39 is 5.82 Å². The highest BCUT2D eigenvalue weighted by Gasteiger charge is 2.32. The average Bonchev–Trinajstić information content (AvgIpc) is 2.93. The van der Waals surface area contributed by atoms with Crippen molar-refractivity contribution in [2.45, 2.75) is 63.8 Å². The van der Waals surface area contributed by atoms with E-state index in [9.17, 15) is 14.0 Å². The molecule has 192 valence electrons. The summed E-state index contributed by atoms with van der Waals surface area (Å²) in [5, 5.41) is 0. The lowest BCUT2D eigenvalue weighted by atomic mass is 9.89. The predicted molar refractivity (Wildman–Crippen MR) is 138 cm³/mol. The van der Waals surface area contributed by atoms with E-state index in [1.807, 2.05) is 24.0 Å². The molecule has 1 aromatic carbocycles. The fourth-order valence-corrected chi connectivity index (χ4v) is 6.12. The fourth-order valence-electron chi connectivity index (χ4n) is 6.12. The van der Waals surface area contributed by atoms with Crippen LogP contribution in [-0.4, -0.2) is 76.8 Å². The summed E-state index contributed by atoms with van der Waals surface area (Å²) in [6.45, 7) is 7.11. The minimum absolute atomic E-state index is 0.0906. The zero-order chi connectivity index (χ0) is 25.1. The summed E-state index contributed by atoms with van der Waals surface area (Å²) in [4.78, 5) is 37.7. The van der Waals surface area contributed by atoms with Crippen molar-refractivity contribution in [1.82, 2.24) is 19.7 Å². The van der Waals surface area contributed by atoms with E-state index in [0.717, 1.165) is 50.2 Å². The van der Waals surface area contributed by atoms with E-state index in [2.05, 4.69) is 4.90 Å². The Kier molecular flexibility index (Phi) is 7.65. The third kappa shape index (κ3) is 5.46. The summed E-state index contributed by atoms with van der Waals surface area (Å²) < 4.78 is 13.6. The maximum atomic E-state index is 13.6. The summed E-state index contributed by atoms with van der Waals surface area (Å²) in [6, 6.07) is 10.3. The van der Waals surface area contributed by atoms with Crippen LogP contribution in [0.3, 0.4) is 0 Å². The molecule has 5 rings (SSSR count). The third-order valence-corrected chi connectivity index (χ3v) is 8.19. The molecule has 7 heteroatoms. The standard InChI is InChI=1S/C29H37FN4O2/c1-21-8-9-26(29(36)34-18-12-25(13-19-34)32-14-3-2-4-15-32)27(31-21)22-10-16-33(17-11-22)28(35)23-6-5-7-24(30)20-23/h5-9,20,22,25H,2-4,10-19H2,1H3. The van der Waals surface area contributed by atoms with E-state index in [1.54, 1.807) is 17.0 Å². The van der Waals surface area contributed by atoms with Crippen LogP contribution in [0.2, 0.25) is 0 Å². The van der Waals surface area contributed by atoms with E-state index in [0.29, 0.717) is 30.3 Å². The summed E-state index contributed by atoms with van der Waals surface area (Å²) >= 11 is 0. The van der Waals surface area contributed by atoms with E-state index in [-0.39, 0.29) is 17.7 Å². The van der Waals surface area contributed by atoms with Crippen LogP contribution in [0.1, 0.15) is 83.0 Å². The molecule has 3 aliphatic rings. The number of rotatable bonds is 4. The Hall–Kier alpha value is -2.80. The second-order valence-electron chi connectivity index (χ2n) is 10.6. The molecule has 1 aromatic heterocycles. The van der Waals surface area contributed by atoms with Gasteiger partial charge in [0.2, 0.25) is 0 Å². The van der Waals surface area contributed by atoms with Crippen LogP contribution < -0.4 is 0 Å². The summed E-state index contributed by atoms with van der Waals surface area (Å²) in [6.07, 6.45) is 7.51. The second kappa shape index (κ2) is 11.1. The number of piperidine rings is 3. The first-order valence-corrected chi connectivity index (χ1v) is 13.6. The Morgan fingerprint density at radius 2 is 1.50 bits per heavy atom. The Morgan fingerprint density at radius 3 is 2.19 bits per heavy atom. The molecule has 3 fully saturated rings. The van der Waals surface area contributed by atoms with Gasteiger partial charge in [0.1, 0.15) is 5.82 Å². The first-order chi connectivity index (χ1) is 17.5. The summed E-state index contributed by atoms with van der Waals surface area (Å²) in [7, 11) is 0. The van der Waals surface area contributed by atoms with Crippen LogP contribution in [-0.2, 0) is 0 Å². The minimum Gasteiger partial charge on any atom is -0.339 e. The van der Waals surface area contributed by atoms with Crippen molar-refractivity contribution < 1.29 is 14.0 Å². The van der Waals surface area contributed by atoms with Gasteiger partial charge in [0.25, 0.3) is 11.8 Å². The van der Waals surface area contributed by atoms with E-state index in [1.165, 1.54) is 44.5 Å². The monoisotopic (exact) mass is 492 g/mol. The quantitative estimate of drug-likeness (QED) is 0.624. The van der Waals surface area contributed by atoms with Gasteiger partial charge in [0.05, 0.1) is 11.3 Å². The first kappa shape index (κ1) is 24.9. The van der Waals surface area contributed by atoms with Gasteiger partial charge in [-0.2, -0.15) is 0 Å². The molecular formula is C29H37FN4O2. The van der Waals surface area contributed by atoms with Crippen molar-refractivity contribution in [2.24, 2.45) is 0 Å². The van der Waals surface area contributed by atoms with Gasteiger partial charge in [-0.05, 0) is 88.9 Å². The Morgan fingerprint density at radius 1 is 0.833 bits per heavy atom. The van der Waals surface area contributed by atoms with Crippen LogP contribution in [0.15, 0.2) is 36.4 Å². The zero-order valence-corrected chi connectivity index (χ0v) is 21.3. The van der Waals surface area contributed by atoms with Gasteiger partial charge in [-0.15, -0.1) is 0 Å². The normalized spacial score (nSPS) is 20.5. The van der Waals surface area contributed by atoms with Crippen LogP contribution in [0, 0.1) is 12.7 Å². The van der Waals surface area contributed by atoms with Gasteiger partial charge in [-0.3, -0.25) is 14.6 Å². The number of hydrogen-bond donors (Lipinski definition) is 0. The first-order valence-electron chi connectivity index (χ1n) is 13.6. The van der Waals surface area contributed by atoms with Gasteiger partial charge in [0, 0.05) is 49.4 Å². The number of carbonyl (C=O) groups excluding carboxylic acids is 2. The molecule has 2 amide bonds. The Bertz CT molecular complexity index is 1080. The zero-order valence-electron chi connectivity index (χ0n) is 21.3. The molecule has 3 aliphatic heterocycles. The van der Waals surface area contributed by atoms with Crippen molar-refractivity contribution in [1.29, 1.82) is 0 Å². The number of hydrogen-bond acceptors (Lipinski definition) is 4. The highest BCUT2D eigenvalue weighted by molar-refractivity contribution is 5.96. The molecule has 0 bridgehead atoms. The molecule has 4 heterocycles. The van der Waals surface area contributed by atoms with Crippen molar-refractivity contribution in [3.05, 3.63) is 64.7 Å². The van der Waals surface area contributed by atoms with Crippen molar-refractivity contribution >= 4 is 11.8 Å². The van der Waals surface area contributed by atoms with Gasteiger partial charge in [-0.25, -0.2) is 4.39 Å². The number of aryl methyl sites for hydroxylation is 1. The third-order valence-electron chi connectivity index (χ3n) is 8.19. The van der Waals surface area contributed by atoms with E-state index in [4.69, 9.17) is 4.98 Å². The molecule has 2 aromatic rings. The van der Waals surface area contributed by atoms with Gasteiger partial charge in [-0.1, -0.05) is 12.5 Å². The number of nitrogens with zero attached hydrogens (tertiary/aromatic N) is 4. The molecule has 0 saturated carbocycles. The lowest BCUT2D eigenvalue weighted by Crippen LogP contribution is -2.48. The van der Waals surface area contributed by atoms with Crippen LogP contribution in [0.4, 0.5) is 4.39 Å². The fraction of sp³-hybridized carbons (Fsp3) is 0.552. The number of pyridine rings is 1. The lowest BCUT2D eigenvalue weighted by molar-refractivity contribution is 0.0585. The highest BCUT2D eigenvalue weighted by atomic mass is 19.1. The second-order valence-corrected chi connectivity index (χ2v) is 10.6. The highest BCUT2D eigenvalue weighted by Crippen LogP contribution is 2.31. The number of carbonyl (C=O) groups is 2. The van der Waals surface area contributed by atoms with E-state index >= 15 is 0 Å². The predicted octanol–water partition coefficient (Wildman–Crippen LogP) is 4.64. The molecule has 0 unspecified atom stereocenters. The molecular weight excluding hydrogens is 455 g/mol. The molecule has 36 heavy (non-hydrogen) atoms. The van der Waals surface area contributed by atoms with Gasteiger partial charge >= 0.3 is 0 Å². The largest absolute Gasteiger partial charge is 0.339 e. The van der Waals surface area contributed by atoms with Gasteiger partial charge in [0.15, 0.2) is 0 Å². The molecule has 3 saturated heterocycles. The number of aromatic nitrogens is 1. The van der Waals surface area contributed by atoms with Crippen LogP contribution in [0.5, 0.6) is 0 Å². The molecule has 0 radical (unpaired) electrons. The topological polar surface area (TPSA) is 56.8 Å². The number of likely N-dealkylation sites (tertiary alicyclic amines) is 3. The number of amides is 2. The number of halogens is 1. The molecule has 0 atom stereocenters. The molecule has 0 aliphatic carbocycles. The Labute approximate surface area is 213 Å². The summed E-state index contributed by atoms with van der Waals surface area (Å²) in [5.74, 6) is -0.319. The Balaban J connectivity index is 1.23. The van der Waals surface area contributed by atoms with Crippen molar-refractivity contribution in [2.75, 3.05) is 39.3 Å². The average molecular weight is 493 g/mol. The minimum atomic E-state index is -0.400. The maximum Gasteiger partial charge on any atom is 0.255 e. The van der Waals surface area contributed by atoms with Crippen LogP contribution >= 0.6 is 0 Å². The summed E-state index contributed by atoms with van der Waals surface area (Å²) in [5.41, 5.74) is 2.87. The molecule has 0 spiro atoms. The number of benzene rings is 1. The smallest absolute Gasteiger partial charge is 0.255 e. The lowest BCUT2D eigenvalue weighted by Gasteiger charge is -2.40.